The second-order valence-corrected chi connectivity index (χ2v) is 5.89. The van der Waals surface area contributed by atoms with Crippen molar-refractivity contribution in [1.29, 1.82) is 0 Å². The first-order valence-corrected chi connectivity index (χ1v) is 7.03. The van der Waals surface area contributed by atoms with Crippen LogP contribution in [0.1, 0.15) is 12.8 Å². The molecule has 0 unspecified atom stereocenters. The number of fused-ring (bicyclic) bond motifs is 1. The quantitative estimate of drug-likeness (QED) is 0.832. The first kappa shape index (κ1) is 12.5. The van der Waals surface area contributed by atoms with Crippen LogP contribution in [-0.2, 0) is 9.59 Å². The number of nitrogens with one attached hydrogen (secondary N) is 2. The van der Waals surface area contributed by atoms with Crippen LogP contribution >= 0.6 is 23.4 Å². The molecule has 2 aromatic rings. The highest BCUT2D eigenvalue weighted by Crippen LogP contribution is 2.28. The summed E-state index contributed by atoms with van der Waals surface area (Å²) < 4.78 is 0. The predicted octanol–water partition coefficient (Wildman–Crippen LogP) is 2.11. The van der Waals surface area contributed by atoms with E-state index in [4.69, 9.17) is 11.6 Å². The Morgan fingerprint density at radius 1 is 1.37 bits per heavy atom. The van der Waals surface area contributed by atoms with Gasteiger partial charge < -0.3 is 4.98 Å². The second kappa shape index (κ2) is 4.86. The second-order valence-electron chi connectivity index (χ2n) is 4.26. The molecule has 1 aromatic carbocycles. The minimum atomic E-state index is -0.284. The lowest BCUT2D eigenvalue weighted by Crippen LogP contribution is -2.42. The maximum atomic E-state index is 11.7. The number of imide groups is 1. The van der Waals surface area contributed by atoms with E-state index in [1.54, 1.807) is 12.1 Å². The van der Waals surface area contributed by atoms with Crippen LogP contribution in [0, 0.1) is 0 Å². The zero-order valence-electron chi connectivity index (χ0n) is 9.77. The molecule has 5 nitrogen and oxygen atoms in total. The number of piperidine rings is 1. The van der Waals surface area contributed by atoms with E-state index in [2.05, 4.69) is 15.3 Å². The van der Waals surface area contributed by atoms with Crippen molar-refractivity contribution in [3.63, 3.8) is 0 Å². The van der Waals surface area contributed by atoms with Gasteiger partial charge in [-0.15, -0.1) is 0 Å². The van der Waals surface area contributed by atoms with Crippen molar-refractivity contribution in [1.82, 2.24) is 15.3 Å². The number of aromatic nitrogens is 2. The SMILES string of the molecule is O=C1CC[C@@H](Sc2nc3ccc(Cl)cc3[nH]2)C(=O)N1. The van der Waals surface area contributed by atoms with E-state index in [0.29, 0.717) is 23.0 Å². The van der Waals surface area contributed by atoms with E-state index < -0.39 is 0 Å². The number of rotatable bonds is 2. The molecule has 2 N–H and O–H groups in total. The predicted molar refractivity (Wildman–Crippen MR) is 73.1 cm³/mol. The minimum Gasteiger partial charge on any atom is -0.333 e. The summed E-state index contributed by atoms with van der Waals surface area (Å²) in [6, 6.07) is 5.38. The Labute approximate surface area is 118 Å². The fraction of sp³-hybridized carbons (Fsp3) is 0.250. The fourth-order valence-corrected chi connectivity index (χ4v) is 3.10. The molecule has 0 radical (unpaired) electrons. The Bertz CT molecular complexity index is 670. The number of thioether (sulfide) groups is 1. The largest absolute Gasteiger partial charge is 0.333 e. The molecule has 0 bridgehead atoms. The number of nitrogens with zero attached hydrogens (tertiary/aromatic N) is 1. The number of hydrogen-bond donors (Lipinski definition) is 2. The van der Waals surface area contributed by atoms with Gasteiger partial charge in [0.1, 0.15) is 0 Å². The third-order valence-electron chi connectivity index (χ3n) is 2.86. The molecule has 1 aliphatic rings. The standard InChI is InChI=1S/C12H10ClN3O2S/c13-6-1-2-7-8(5-6)15-12(14-7)19-9-3-4-10(17)16-11(9)18/h1-2,5,9H,3-4H2,(H,14,15)(H,16,17,18)/t9-/m1/s1. The molecule has 19 heavy (non-hydrogen) atoms. The van der Waals surface area contributed by atoms with Crippen molar-refractivity contribution in [2.45, 2.75) is 23.2 Å². The average Bonchev–Trinajstić information content (AvgIpc) is 2.74. The number of benzene rings is 1. The number of carbonyl (C=O) groups is 2. The van der Waals surface area contributed by atoms with Crippen molar-refractivity contribution in [3.05, 3.63) is 23.2 Å². The van der Waals surface area contributed by atoms with Gasteiger partial charge in [-0.25, -0.2) is 4.98 Å². The molecule has 1 aromatic heterocycles. The van der Waals surface area contributed by atoms with Crippen LogP contribution < -0.4 is 5.32 Å². The highest BCUT2D eigenvalue weighted by atomic mass is 35.5. The summed E-state index contributed by atoms with van der Waals surface area (Å²) in [5.74, 6) is -0.460. The summed E-state index contributed by atoms with van der Waals surface area (Å²) in [7, 11) is 0. The lowest BCUT2D eigenvalue weighted by molar-refractivity contribution is -0.132. The zero-order chi connectivity index (χ0) is 13.4. The van der Waals surface area contributed by atoms with E-state index in [1.807, 2.05) is 6.07 Å². The highest BCUT2D eigenvalue weighted by molar-refractivity contribution is 8.00. The van der Waals surface area contributed by atoms with Crippen LogP contribution in [0.4, 0.5) is 0 Å². The van der Waals surface area contributed by atoms with E-state index in [-0.39, 0.29) is 17.1 Å². The first-order chi connectivity index (χ1) is 9.11. The lowest BCUT2D eigenvalue weighted by Gasteiger charge is -2.18. The van der Waals surface area contributed by atoms with Crippen molar-refractivity contribution >= 4 is 46.2 Å². The van der Waals surface area contributed by atoms with Gasteiger partial charge in [0.25, 0.3) is 0 Å². The Morgan fingerprint density at radius 3 is 3.00 bits per heavy atom. The van der Waals surface area contributed by atoms with Gasteiger partial charge in [0.15, 0.2) is 5.16 Å². The summed E-state index contributed by atoms with van der Waals surface area (Å²) in [5.41, 5.74) is 1.64. The van der Waals surface area contributed by atoms with Crippen LogP contribution in [-0.4, -0.2) is 27.0 Å². The number of hydrogen-bond acceptors (Lipinski definition) is 4. The summed E-state index contributed by atoms with van der Waals surface area (Å²) >= 11 is 7.24. The van der Waals surface area contributed by atoms with Crippen LogP contribution in [0.3, 0.4) is 0 Å². The smallest absolute Gasteiger partial charge is 0.240 e. The highest BCUT2D eigenvalue weighted by Gasteiger charge is 2.28. The minimum absolute atomic E-state index is 0.210. The molecular formula is C12H10ClN3O2S. The number of halogens is 1. The third kappa shape index (κ3) is 2.59. The Kier molecular flexibility index (Phi) is 3.20. The third-order valence-corrected chi connectivity index (χ3v) is 4.25. The molecule has 0 saturated carbocycles. The van der Waals surface area contributed by atoms with Gasteiger partial charge in [-0.05, 0) is 24.6 Å². The molecule has 2 heterocycles. The zero-order valence-corrected chi connectivity index (χ0v) is 11.3. The molecular weight excluding hydrogens is 286 g/mol. The van der Waals surface area contributed by atoms with E-state index in [9.17, 15) is 9.59 Å². The van der Waals surface area contributed by atoms with E-state index in [0.717, 1.165) is 11.0 Å². The molecule has 98 valence electrons. The van der Waals surface area contributed by atoms with Crippen molar-refractivity contribution in [2.75, 3.05) is 0 Å². The molecule has 1 atom stereocenters. The molecule has 1 aliphatic heterocycles. The van der Waals surface area contributed by atoms with Gasteiger partial charge in [0.2, 0.25) is 11.8 Å². The van der Waals surface area contributed by atoms with Gasteiger partial charge in [0.05, 0.1) is 16.3 Å². The maximum Gasteiger partial charge on any atom is 0.240 e. The van der Waals surface area contributed by atoms with Crippen molar-refractivity contribution in [3.8, 4) is 0 Å². The number of aromatic amines is 1. The molecule has 7 heteroatoms. The van der Waals surface area contributed by atoms with Gasteiger partial charge in [-0.2, -0.15) is 0 Å². The normalized spacial score (nSPS) is 19.7. The van der Waals surface area contributed by atoms with Crippen LogP contribution in [0.15, 0.2) is 23.4 Å². The maximum absolute atomic E-state index is 11.7. The number of imidazole rings is 1. The van der Waals surface area contributed by atoms with Crippen LogP contribution in [0.5, 0.6) is 0 Å². The fourth-order valence-electron chi connectivity index (χ4n) is 1.94. The summed E-state index contributed by atoms with van der Waals surface area (Å²) in [5, 5.41) is 3.34. The number of carbonyl (C=O) groups excluding carboxylic acids is 2. The molecule has 0 spiro atoms. The van der Waals surface area contributed by atoms with Gasteiger partial charge in [-0.3, -0.25) is 14.9 Å². The van der Waals surface area contributed by atoms with E-state index >= 15 is 0 Å². The van der Waals surface area contributed by atoms with Gasteiger partial charge >= 0.3 is 0 Å². The summed E-state index contributed by atoms with van der Waals surface area (Å²) in [4.78, 5) is 30.2. The lowest BCUT2D eigenvalue weighted by atomic mass is 10.1. The Hall–Kier alpha value is -1.53. The average molecular weight is 296 g/mol. The monoisotopic (exact) mass is 295 g/mol. The van der Waals surface area contributed by atoms with Crippen LogP contribution in [0.25, 0.3) is 11.0 Å². The molecule has 0 aliphatic carbocycles. The van der Waals surface area contributed by atoms with Crippen molar-refractivity contribution < 1.29 is 9.59 Å². The molecule has 3 rings (SSSR count). The molecule has 2 amide bonds. The molecule has 1 saturated heterocycles. The van der Waals surface area contributed by atoms with Gasteiger partial charge in [0, 0.05) is 11.4 Å². The summed E-state index contributed by atoms with van der Waals surface area (Å²) in [6.07, 6.45) is 0.905. The Morgan fingerprint density at radius 2 is 2.21 bits per heavy atom. The first-order valence-electron chi connectivity index (χ1n) is 5.77. The van der Waals surface area contributed by atoms with E-state index in [1.165, 1.54) is 11.8 Å². The van der Waals surface area contributed by atoms with Crippen molar-refractivity contribution in [2.24, 2.45) is 0 Å². The summed E-state index contributed by atoms with van der Waals surface area (Å²) in [6.45, 7) is 0. The number of H-pyrrole nitrogens is 1. The number of amides is 2. The van der Waals surface area contributed by atoms with Crippen LogP contribution in [0.2, 0.25) is 5.02 Å². The topological polar surface area (TPSA) is 74.8 Å². The van der Waals surface area contributed by atoms with Gasteiger partial charge in [-0.1, -0.05) is 23.4 Å². The Balaban J connectivity index is 1.81. The molecule has 1 fully saturated rings.